The summed E-state index contributed by atoms with van der Waals surface area (Å²) in [6, 6.07) is 15.2. The second-order valence-electron chi connectivity index (χ2n) is 7.13. The molecule has 0 aromatic heterocycles. The molecule has 3 N–H and O–H groups in total. The maximum absolute atomic E-state index is 5.93. The van der Waals surface area contributed by atoms with Gasteiger partial charge in [0.1, 0.15) is 0 Å². The fourth-order valence-electron chi connectivity index (χ4n) is 3.97. The quantitative estimate of drug-likeness (QED) is 0.651. The number of fused-ring (bicyclic) bond motifs is 1. The molecule has 1 fully saturated rings. The zero-order chi connectivity index (χ0) is 14.5. The zero-order valence-electron chi connectivity index (χ0n) is 12.8. The highest BCUT2D eigenvalue weighted by molar-refractivity contribution is 5.86. The molecule has 1 saturated carbocycles. The van der Waals surface area contributed by atoms with Crippen LogP contribution in [0.4, 0.5) is 0 Å². The van der Waals surface area contributed by atoms with E-state index in [0.717, 1.165) is 0 Å². The minimum atomic E-state index is 0.200. The monoisotopic (exact) mass is 268 g/mol. The molecule has 1 aliphatic carbocycles. The van der Waals surface area contributed by atoms with Crippen molar-refractivity contribution in [3.8, 4) is 0 Å². The van der Waals surface area contributed by atoms with Crippen molar-refractivity contribution < 1.29 is 0 Å². The average molecular weight is 268 g/mol. The zero-order valence-corrected chi connectivity index (χ0v) is 12.8. The highest BCUT2D eigenvalue weighted by Crippen LogP contribution is 2.72. The first-order valence-electron chi connectivity index (χ1n) is 7.35. The normalized spacial score (nSPS) is 21.9. The van der Waals surface area contributed by atoms with Crippen molar-refractivity contribution in [1.29, 1.82) is 0 Å². The summed E-state index contributed by atoms with van der Waals surface area (Å²) in [6.45, 7) is 9.36. The van der Waals surface area contributed by atoms with Crippen molar-refractivity contribution in [3.63, 3.8) is 0 Å². The van der Waals surface area contributed by atoms with Crippen molar-refractivity contribution in [2.24, 2.45) is 22.6 Å². The molecule has 0 heterocycles. The first-order valence-corrected chi connectivity index (χ1v) is 7.35. The highest BCUT2D eigenvalue weighted by atomic mass is 15.2. The number of hydrazine groups is 1. The Labute approximate surface area is 121 Å². The summed E-state index contributed by atoms with van der Waals surface area (Å²) < 4.78 is 0. The molecule has 0 spiro atoms. The van der Waals surface area contributed by atoms with Gasteiger partial charge in [0.15, 0.2) is 0 Å². The van der Waals surface area contributed by atoms with Crippen molar-refractivity contribution in [1.82, 2.24) is 5.43 Å². The van der Waals surface area contributed by atoms with Crippen LogP contribution in [-0.2, 0) is 0 Å². The lowest BCUT2D eigenvalue weighted by Crippen LogP contribution is -2.31. The Kier molecular flexibility index (Phi) is 2.93. The lowest BCUT2D eigenvalue weighted by Gasteiger charge is -2.20. The summed E-state index contributed by atoms with van der Waals surface area (Å²) in [4.78, 5) is 0. The molecule has 20 heavy (non-hydrogen) atoms. The van der Waals surface area contributed by atoms with Gasteiger partial charge in [-0.15, -0.1) is 0 Å². The molecule has 0 saturated heterocycles. The lowest BCUT2D eigenvalue weighted by molar-refractivity contribution is 0.420. The Bertz CT molecular complexity index is 623. The Morgan fingerprint density at radius 3 is 2.15 bits per heavy atom. The van der Waals surface area contributed by atoms with Crippen LogP contribution in [0.25, 0.3) is 10.8 Å². The third-order valence-corrected chi connectivity index (χ3v) is 5.80. The number of hydrogen-bond donors (Lipinski definition) is 2. The van der Waals surface area contributed by atoms with Crippen LogP contribution in [0.2, 0.25) is 0 Å². The van der Waals surface area contributed by atoms with Gasteiger partial charge in [-0.3, -0.25) is 11.3 Å². The summed E-state index contributed by atoms with van der Waals surface area (Å²) in [5, 5.41) is 2.58. The van der Waals surface area contributed by atoms with Crippen molar-refractivity contribution in [2.75, 3.05) is 0 Å². The van der Waals surface area contributed by atoms with Crippen LogP contribution in [-0.4, -0.2) is 0 Å². The molecule has 2 aromatic carbocycles. The smallest absolute Gasteiger partial charge is 0.0504 e. The van der Waals surface area contributed by atoms with Crippen LogP contribution < -0.4 is 11.3 Å². The number of nitrogens with two attached hydrogens (primary N) is 1. The van der Waals surface area contributed by atoms with E-state index in [-0.39, 0.29) is 6.04 Å². The summed E-state index contributed by atoms with van der Waals surface area (Å²) in [5.74, 6) is 6.48. The van der Waals surface area contributed by atoms with E-state index >= 15 is 0 Å². The van der Waals surface area contributed by atoms with Crippen molar-refractivity contribution >= 4 is 10.8 Å². The standard InChI is InChI=1S/C18H24N2/c1-17(2)16(18(17,3)4)15(20-19)14-11-7-9-12-8-5-6-10-13(12)14/h5-11,15-16,20H,19H2,1-4H3. The van der Waals surface area contributed by atoms with Gasteiger partial charge in [-0.2, -0.15) is 0 Å². The van der Waals surface area contributed by atoms with Crippen LogP contribution in [0.5, 0.6) is 0 Å². The Balaban J connectivity index is 2.10. The minimum absolute atomic E-state index is 0.200. The van der Waals surface area contributed by atoms with E-state index in [1.807, 2.05) is 0 Å². The van der Waals surface area contributed by atoms with Gasteiger partial charge in [-0.05, 0) is 33.1 Å². The molecule has 2 aromatic rings. The SMILES string of the molecule is CC1(C)C(C(NN)c2cccc3ccccc23)C1(C)C. The molecule has 0 radical (unpaired) electrons. The molecule has 2 heteroatoms. The second kappa shape index (κ2) is 4.31. The largest absolute Gasteiger partial charge is 0.271 e. The van der Waals surface area contributed by atoms with Crippen LogP contribution in [0.15, 0.2) is 42.5 Å². The average Bonchev–Trinajstić information content (AvgIpc) is 2.83. The van der Waals surface area contributed by atoms with Gasteiger partial charge in [0.25, 0.3) is 0 Å². The van der Waals surface area contributed by atoms with Crippen molar-refractivity contribution in [2.45, 2.75) is 33.7 Å². The van der Waals surface area contributed by atoms with Crippen LogP contribution in [0.3, 0.4) is 0 Å². The highest BCUT2D eigenvalue weighted by Gasteiger charge is 2.67. The number of benzene rings is 2. The van der Waals surface area contributed by atoms with Gasteiger partial charge in [-0.1, -0.05) is 70.2 Å². The minimum Gasteiger partial charge on any atom is -0.271 e. The van der Waals surface area contributed by atoms with E-state index in [4.69, 9.17) is 5.84 Å². The molecule has 2 nitrogen and oxygen atoms in total. The topological polar surface area (TPSA) is 38.0 Å². The maximum Gasteiger partial charge on any atom is 0.0504 e. The number of rotatable bonds is 3. The third kappa shape index (κ3) is 1.72. The molecular formula is C18H24N2. The first-order chi connectivity index (χ1) is 9.41. The predicted molar refractivity (Wildman–Crippen MR) is 85.1 cm³/mol. The molecule has 3 rings (SSSR count). The van der Waals surface area contributed by atoms with Gasteiger partial charge < -0.3 is 0 Å². The molecule has 0 amide bonds. The van der Waals surface area contributed by atoms with Crippen molar-refractivity contribution in [3.05, 3.63) is 48.0 Å². The second-order valence-corrected chi connectivity index (χ2v) is 7.13. The number of hydrogen-bond acceptors (Lipinski definition) is 2. The van der Waals surface area contributed by atoms with E-state index in [0.29, 0.717) is 16.7 Å². The first kappa shape index (κ1) is 13.6. The third-order valence-electron chi connectivity index (χ3n) is 5.80. The Hall–Kier alpha value is -1.38. The molecule has 0 aliphatic heterocycles. The van der Waals surface area contributed by atoms with E-state index in [2.05, 4.69) is 75.6 Å². The van der Waals surface area contributed by atoms with Gasteiger partial charge in [0.05, 0.1) is 6.04 Å². The van der Waals surface area contributed by atoms with E-state index in [1.165, 1.54) is 16.3 Å². The van der Waals surface area contributed by atoms with E-state index < -0.39 is 0 Å². The fourth-order valence-corrected chi connectivity index (χ4v) is 3.97. The van der Waals surface area contributed by atoms with Gasteiger partial charge >= 0.3 is 0 Å². The molecule has 1 aliphatic rings. The summed E-state index contributed by atoms with van der Waals surface area (Å²) in [7, 11) is 0. The molecular weight excluding hydrogens is 244 g/mol. The summed E-state index contributed by atoms with van der Waals surface area (Å²) in [6.07, 6.45) is 0. The maximum atomic E-state index is 5.93. The van der Waals surface area contributed by atoms with E-state index in [1.54, 1.807) is 0 Å². The Morgan fingerprint density at radius 1 is 0.950 bits per heavy atom. The summed E-state index contributed by atoms with van der Waals surface area (Å²) in [5.41, 5.74) is 5.01. The van der Waals surface area contributed by atoms with Crippen LogP contribution in [0, 0.1) is 16.7 Å². The number of nitrogens with one attached hydrogen (secondary N) is 1. The lowest BCUT2D eigenvalue weighted by atomic mass is 9.92. The van der Waals surface area contributed by atoms with Crippen LogP contribution in [0.1, 0.15) is 39.3 Å². The molecule has 1 atom stereocenters. The van der Waals surface area contributed by atoms with Gasteiger partial charge in [0.2, 0.25) is 0 Å². The molecule has 0 bridgehead atoms. The predicted octanol–water partition coefficient (Wildman–Crippen LogP) is 4.03. The van der Waals surface area contributed by atoms with E-state index in [9.17, 15) is 0 Å². The van der Waals surface area contributed by atoms with Gasteiger partial charge in [-0.25, -0.2) is 0 Å². The van der Waals surface area contributed by atoms with Crippen LogP contribution >= 0.6 is 0 Å². The molecule has 1 unspecified atom stereocenters. The van der Waals surface area contributed by atoms with Gasteiger partial charge in [0, 0.05) is 0 Å². The summed E-state index contributed by atoms with van der Waals surface area (Å²) >= 11 is 0. The fraction of sp³-hybridized carbons (Fsp3) is 0.444. The Morgan fingerprint density at radius 2 is 1.55 bits per heavy atom. The molecule has 106 valence electrons.